The van der Waals surface area contributed by atoms with E-state index in [1.165, 1.54) is 5.57 Å². The molecule has 0 aromatic rings. The molecule has 0 aromatic heterocycles. The first-order valence-electron chi connectivity index (χ1n) is 6.02. The number of piperidine rings is 1. The quantitative estimate of drug-likeness (QED) is 0.645. The molecule has 5 heteroatoms. The van der Waals surface area contributed by atoms with Crippen LogP contribution in [0.15, 0.2) is 11.1 Å². The Morgan fingerprint density at radius 2 is 2.18 bits per heavy atom. The zero-order chi connectivity index (χ0) is 12.4. The van der Waals surface area contributed by atoms with Gasteiger partial charge in [0.15, 0.2) is 0 Å². The first kappa shape index (κ1) is 12.1. The molecule has 2 fully saturated rings. The molecule has 2 aliphatic heterocycles. The first-order chi connectivity index (χ1) is 8.08. The Hall–Kier alpha value is -1.36. The van der Waals surface area contributed by atoms with E-state index in [0.29, 0.717) is 13.0 Å². The van der Waals surface area contributed by atoms with Crippen LogP contribution < -0.4 is 10.6 Å². The maximum absolute atomic E-state index is 11.9. The van der Waals surface area contributed by atoms with E-state index in [-0.39, 0.29) is 17.9 Å². The molecule has 2 saturated heterocycles. The fourth-order valence-corrected chi connectivity index (χ4v) is 2.10. The molecule has 0 spiro atoms. The number of hydrogen-bond acceptors (Lipinski definition) is 3. The van der Waals surface area contributed by atoms with Gasteiger partial charge in [0.05, 0.1) is 0 Å². The highest BCUT2D eigenvalue weighted by atomic mass is 16.2. The lowest BCUT2D eigenvalue weighted by molar-refractivity contribution is -0.133. The van der Waals surface area contributed by atoms with Gasteiger partial charge in [0.1, 0.15) is 0 Å². The minimum atomic E-state index is 0.00856. The molecule has 2 amide bonds. The Bertz CT molecular complexity index is 370. The third kappa shape index (κ3) is 2.66. The van der Waals surface area contributed by atoms with E-state index in [0.717, 1.165) is 25.1 Å². The van der Waals surface area contributed by atoms with Crippen LogP contribution in [0.5, 0.6) is 0 Å². The van der Waals surface area contributed by atoms with Crippen molar-refractivity contribution in [3.05, 3.63) is 11.1 Å². The van der Waals surface area contributed by atoms with Gasteiger partial charge in [-0.3, -0.25) is 9.59 Å². The predicted octanol–water partition coefficient (Wildman–Crippen LogP) is -0.357. The average Bonchev–Trinajstić information content (AvgIpc) is 2.21. The van der Waals surface area contributed by atoms with Crippen LogP contribution in [0.1, 0.15) is 19.8 Å². The molecule has 17 heavy (non-hydrogen) atoms. The van der Waals surface area contributed by atoms with Crippen molar-refractivity contribution in [1.29, 1.82) is 0 Å². The lowest BCUT2D eigenvalue weighted by atomic mass is 10.0. The Balaban J connectivity index is 1.89. The topological polar surface area (TPSA) is 61.4 Å². The SMILES string of the molecule is CC(C(=O)NC1CCC(=O)N(C)C1)=C1CNC1. The second kappa shape index (κ2) is 4.87. The first-order valence-corrected chi connectivity index (χ1v) is 6.02. The lowest BCUT2D eigenvalue weighted by Crippen LogP contribution is -2.49. The predicted molar refractivity (Wildman–Crippen MR) is 64.4 cm³/mol. The van der Waals surface area contributed by atoms with Gasteiger partial charge >= 0.3 is 0 Å². The Morgan fingerprint density at radius 3 is 2.71 bits per heavy atom. The molecule has 0 aromatic carbocycles. The zero-order valence-electron chi connectivity index (χ0n) is 10.4. The summed E-state index contributed by atoms with van der Waals surface area (Å²) < 4.78 is 0. The molecule has 0 saturated carbocycles. The van der Waals surface area contributed by atoms with E-state index in [1.54, 1.807) is 11.9 Å². The number of nitrogens with zero attached hydrogens (tertiary/aromatic N) is 1. The minimum Gasteiger partial charge on any atom is -0.348 e. The number of likely N-dealkylation sites (N-methyl/N-ethyl adjacent to an activating group) is 1. The van der Waals surface area contributed by atoms with Crippen LogP contribution in [0.25, 0.3) is 0 Å². The summed E-state index contributed by atoms with van der Waals surface area (Å²) in [6, 6.07) is 0.0915. The summed E-state index contributed by atoms with van der Waals surface area (Å²) in [5, 5.41) is 6.12. The van der Waals surface area contributed by atoms with Crippen molar-refractivity contribution < 1.29 is 9.59 Å². The zero-order valence-corrected chi connectivity index (χ0v) is 10.4. The van der Waals surface area contributed by atoms with Crippen molar-refractivity contribution >= 4 is 11.8 Å². The van der Waals surface area contributed by atoms with Crippen LogP contribution in [0.3, 0.4) is 0 Å². The van der Waals surface area contributed by atoms with Crippen molar-refractivity contribution in [1.82, 2.24) is 15.5 Å². The van der Waals surface area contributed by atoms with Gasteiger partial charge in [0, 0.05) is 44.7 Å². The van der Waals surface area contributed by atoms with E-state index in [2.05, 4.69) is 10.6 Å². The Morgan fingerprint density at radius 1 is 1.47 bits per heavy atom. The smallest absolute Gasteiger partial charge is 0.247 e. The van der Waals surface area contributed by atoms with Crippen molar-refractivity contribution in [2.75, 3.05) is 26.7 Å². The Kier molecular flexibility index (Phi) is 3.47. The van der Waals surface area contributed by atoms with Crippen molar-refractivity contribution in [3.63, 3.8) is 0 Å². The third-order valence-corrected chi connectivity index (χ3v) is 3.51. The van der Waals surface area contributed by atoms with Crippen LogP contribution in [-0.4, -0.2) is 49.4 Å². The number of rotatable bonds is 2. The van der Waals surface area contributed by atoms with Crippen LogP contribution in [-0.2, 0) is 9.59 Å². The summed E-state index contributed by atoms with van der Waals surface area (Å²) in [5.74, 6) is 0.169. The molecule has 2 rings (SSSR count). The van der Waals surface area contributed by atoms with Gasteiger partial charge in [0.25, 0.3) is 0 Å². The van der Waals surface area contributed by atoms with Gasteiger partial charge in [-0.15, -0.1) is 0 Å². The molecule has 5 nitrogen and oxygen atoms in total. The number of hydrogen-bond donors (Lipinski definition) is 2. The standard InChI is InChI=1S/C12H19N3O2/c1-8(9-5-13-6-9)12(17)14-10-3-4-11(16)15(2)7-10/h10,13H,3-7H2,1-2H3,(H,14,17). The van der Waals surface area contributed by atoms with E-state index in [4.69, 9.17) is 0 Å². The maximum Gasteiger partial charge on any atom is 0.247 e. The summed E-state index contributed by atoms with van der Waals surface area (Å²) in [5.41, 5.74) is 2.01. The molecule has 2 aliphatic rings. The van der Waals surface area contributed by atoms with Crippen LogP contribution in [0.4, 0.5) is 0 Å². The van der Waals surface area contributed by atoms with Gasteiger partial charge in [-0.25, -0.2) is 0 Å². The highest BCUT2D eigenvalue weighted by Crippen LogP contribution is 2.12. The number of carbonyl (C=O) groups excluding carboxylic acids is 2. The number of likely N-dealkylation sites (tertiary alicyclic amines) is 1. The van der Waals surface area contributed by atoms with Crippen LogP contribution >= 0.6 is 0 Å². The molecule has 2 N–H and O–H groups in total. The summed E-state index contributed by atoms with van der Waals surface area (Å²) in [7, 11) is 1.78. The molecule has 1 unspecified atom stereocenters. The van der Waals surface area contributed by atoms with Gasteiger partial charge < -0.3 is 15.5 Å². The van der Waals surface area contributed by atoms with E-state index in [1.807, 2.05) is 6.92 Å². The number of amides is 2. The highest BCUT2D eigenvalue weighted by molar-refractivity contribution is 5.94. The molecule has 0 bridgehead atoms. The number of nitrogens with one attached hydrogen (secondary N) is 2. The summed E-state index contributed by atoms with van der Waals surface area (Å²) >= 11 is 0. The normalized spacial score (nSPS) is 24.4. The van der Waals surface area contributed by atoms with Crippen LogP contribution in [0.2, 0.25) is 0 Å². The van der Waals surface area contributed by atoms with Crippen molar-refractivity contribution in [2.45, 2.75) is 25.8 Å². The maximum atomic E-state index is 11.9. The van der Waals surface area contributed by atoms with E-state index >= 15 is 0 Å². The molecule has 1 atom stereocenters. The summed E-state index contributed by atoms with van der Waals surface area (Å²) in [4.78, 5) is 24.9. The van der Waals surface area contributed by atoms with Crippen molar-refractivity contribution in [2.24, 2.45) is 0 Å². The monoisotopic (exact) mass is 237 g/mol. The van der Waals surface area contributed by atoms with Gasteiger partial charge in [-0.1, -0.05) is 0 Å². The largest absolute Gasteiger partial charge is 0.348 e. The molecular weight excluding hydrogens is 218 g/mol. The lowest BCUT2D eigenvalue weighted by Gasteiger charge is -2.30. The second-order valence-corrected chi connectivity index (χ2v) is 4.82. The molecule has 2 heterocycles. The molecule has 0 aliphatic carbocycles. The van der Waals surface area contributed by atoms with Crippen molar-refractivity contribution in [3.8, 4) is 0 Å². The fraction of sp³-hybridized carbons (Fsp3) is 0.667. The van der Waals surface area contributed by atoms with Gasteiger partial charge in [-0.05, 0) is 18.9 Å². The van der Waals surface area contributed by atoms with Gasteiger partial charge in [-0.2, -0.15) is 0 Å². The van der Waals surface area contributed by atoms with Crippen LogP contribution in [0, 0.1) is 0 Å². The summed E-state index contributed by atoms with van der Waals surface area (Å²) in [6.07, 6.45) is 1.27. The molecule has 0 radical (unpaired) electrons. The molecular formula is C12H19N3O2. The minimum absolute atomic E-state index is 0.00856. The third-order valence-electron chi connectivity index (χ3n) is 3.51. The molecule has 94 valence electrons. The Labute approximate surface area is 101 Å². The number of carbonyl (C=O) groups is 2. The second-order valence-electron chi connectivity index (χ2n) is 4.82. The van der Waals surface area contributed by atoms with Gasteiger partial charge in [0.2, 0.25) is 11.8 Å². The average molecular weight is 237 g/mol. The van der Waals surface area contributed by atoms with E-state index in [9.17, 15) is 9.59 Å². The highest BCUT2D eigenvalue weighted by Gasteiger charge is 2.25. The van der Waals surface area contributed by atoms with E-state index < -0.39 is 0 Å². The summed E-state index contributed by atoms with van der Waals surface area (Å²) in [6.45, 7) is 4.12. The fourth-order valence-electron chi connectivity index (χ4n) is 2.10.